The Balaban J connectivity index is 2.21. The molecular formula is C11H15N3O5S. The highest BCUT2D eigenvalue weighted by atomic mass is 32.2. The lowest BCUT2D eigenvalue weighted by atomic mass is 10.3. The lowest BCUT2D eigenvalue weighted by Gasteiger charge is -2.09. The van der Waals surface area contributed by atoms with Gasteiger partial charge in [0.25, 0.3) is 0 Å². The third-order valence-electron chi connectivity index (χ3n) is 2.64. The van der Waals surface area contributed by atoms with Gasteiger partial charge in [-0.15, -0.1) is 5.06 Å². The van der Waals surface area contributed by atoms with Crippen LogP contribution in [0.2, 0.25) is 0 Å². The molecule has 0 saturated heterocycles. The molecule has 0 atom stereocenters. The van der Waals surface area contributed by atoms with E-state index in [1.165, 1.54) is 11.3 Å². The summed E-state index contributed by atoms with van der Waals surface area (Å²) in [4.78, 5) is 22.9. The Labute approximate surface area is 116 Å². The number of fused-ring (bicyclic) bond motifs is 1. The first-order valence-electron chi connectivity index (χ1n) is 6.01. The molecule has 0 amide bonds. The Morgan fingerprint density at radius 3 is 2.80 bits per heavy atom. The first-order chi connectivity index (χ1) is 9.28. The minimum absolute atomic E-state index is 0.0244. The van der Waals surface area contributed by atoms with Crippen molar-refractivity contribution in [2.24, 2.45) is 5.92 Å². The number of nitrogens with zero attached hydrogens (tertiary/aromatic N) is 3. The molecule has 1 aliphatic heterocycles. The molecule has 9 heteroatoms. The van der Waals surface area contributed by atoms with Gasteiger partial charge in [-0.25, -0.2) is 23.2 Å². The average Bonchev–Trinajstić information content (AvgIpc) is 2.66. The number of carbonyl (C=O) groups is 1. The minimum atomic E-state index is -3.52. The molecule has 1 aliphatic rings. The van der Waals surface area contributed by atoms with Gasteiger partial charge < -0.3 is 9.94 Å². The number of hydrogen-bond acceptors (Lipinski definition) is 7. The molecule has 0 unspecified atom stereocenters. The second-order valence-electron chi connectivity index (χ2n) is 4.95. The van der Waals surface area contributed by atoms with Gasteiger partial charge in [-0.1, -0.05) is 13.8 Å². The van der Waals surface area contributed by atoms with E-state index in [-0.39, 0.29) is 29.9 Å². The van der Waals surface area contributed by atoms with E-state index in [2.05, 4.69) is 14.8 Å². The molecule has 0 radical (unpaired) electrons. The normalized spacial score (nSPS) is 15.3. The third-order valence-corrected chi connectivity index (χ3v) is 4.50. The van der Waals surface area contributed by atoms with Crippen LogP contribution in [0.15, 0.2) is 11.4 Å². The maximum Gasteiger partial charge on any atom is 0.525 e. The van der Waals surface area contributed by atoms with Crippen molar-refractivity contribution in [2.45, 2.75) is 32.1 Å². The van der Waals surface area contributed by atoms with Crippen molar-refractivity contribution >= 4 is 16.0 Å². The lowest BCUT2D eigenvalue weighted by Crippen LogP contribution is -2.20. The van der Waals surface area contributed by atoms with E-state index < -0.39 is 16.0 Å². The third kappa shape index (κ3) is 3.23. The van der Waals surface area contributed by atoms with Gasteiger partial charge in [0.1, 0.15) is 0 Å². The number of carboxylic acid groups (broad SMARTS) is 1. The number of hydrogen-bond donors (Lipinski definition) is 1. The van der Waals surface area contributed by atoms with Crippen LogP contribution in [0.5, 0.6) is 0 Å². The maximum atomic E-state index is 12.0. The SMILES string of the molecule is CC(C)CS(=O)(=O)c1ncc2c(n1)CN(OC(=O)O)C2. The monoisotopic (exact) mass is 301 g/mol. The molecule has 1 N–H and O–H groups in total. The predicted molar refractivity (Wildman–Crippen MR) is 67.3 cm³/mol. The molecule has 0 fully saturated rings. The molecule has 20 heavy (non-hydrogen) atoms. The summed E-state index contributed by atoms with van der Waals surface area (Å²) in [5.41, 5.74) is 1.14. The fourth-order valence-corrected chi connectivity index (χ4v) is 3.43. The number of aromatic nitrogens is 2. The van der Waals surface area contributed by atoms with Gasteiger partial charge in [-0.3, -0.25) is 0 Å². The summed E-state index contributed by atoms with van der Waals surface area (Å²) < 4.78 is 24.1. The van der Waals surface area contributed by atoms with Gasteiger partial charge in [0.2, 0.25) is 15.0 Å². The molecule has 110 valence electrons. The van der Waals surface area contributed by atoms with Crippen LogP contribution >= 0.6 is 0 Å². The number of sulfone groups is 1. The van der Waals surface area contributed by atoms with Crippen molar-refractivity contribution in [3.8, 4) is 0 Å². The standard InChI is InChI=1S/C11H15N3O5S/c1-7(2)6-20(17,18)10-12-3-8-4-14(19-11(15)16)5-9(8)13-10/h3,7H,4-6H2,1-2H3,(H,15,16). The molecule has 8 nitrogen and oxygen atoms in total. The van der Waals surface area contributed by atoms with Crippen molar-refractivity contribution in [1.82, 2.24) is 15.0 Å². The van der Waals surface area contributed by atoms with Crippen LogP contribution in [-0.2, 0) is 27.8 Å². The Morgan fingerprint density at radius 2 is 2.20 bits per heavy atom. The van der Waals surface area contributed by atoms with Crippen molar-refractivity contribution in [3.63, 3.8) is 0 Å². The highest BCUT2D eigenvalue weighted by molar-refractivity contribution is 7.91. The fraction of sp³-hybridized carbons (Fsp3) is 0.545. The van der Waals surface area contributed by atoms with Crippen LogP contribution in [0.4, 0.5) is 4.79 Å². The van der Waals surface area contributed by atoms with Crippen LogP contribution in [-0.4, -0.2) is 40.5 Å². The average molecular weight is 301 g/mol. The lowest BCUT2D eigenvalue weighted by molar-refractivity contribution is -0.125. The van der Waals surface area contributed by atoms with E-state index in [1.54, 1.807) is 13.8 Å². The van der Waals surface area contributed by atoms with E-state index in [1.807, 2.05) is 0 Å². The molecule has 1 aromatic rings. The van der Waals surface area contributed by atoms with E-state index in [0.29, 0.717) is 11.3 Å². The fourth-order valence-electron chi connectivity index (χ4n) is 1.94. The van der Waals surface area contributed by atoms with Crippen molar-refractivity contribution in [3.05, 3.63) is 17.5 Å². The Kier molecular flexibility index (Phi) is 3.91. The predicted octanol–water partition coefficient (Wildman–Crippen LogP) is 0.832. The molecule has 2 heterocycles. The zero-order valence-corrected chi connectivity index (χ0v) is 11.9. The highest BCUT2D eigenvalue weighted by Gasteiger charge is 2.27. The summed E-state index contributed by atoms with van der Waals surface area (Å²) in [5.74, 6) is -0.0510. The van der Waals surface area contributed by atoms with Crippen molar-refractivity contribution < 1.29 is 23.2 Å². The molecule has 0 spiro atoms. The van der Waals surface area contributed by atoms with E-state index in [9.17, 15) is 13.2 Å². The molecule has 0 aliphatic carbocycles. The van der Waals surface area contributed by atoms with Crippen molar-refractivity contribution in [2.75, 3.05) is 5.75 Å². The molecular weight excluding hydrogens is 286 g/mol. The van der Waals surface area contributed by atoms with Crippen LogP contribution < -0.4 is 0 Å². The zero-order chi connectivity index (χ0) is 14.9. The summed E-state index contributed by atoms with van der Waals surface area (Å²) in [6.45, 7) is 3.93. The first kappa shape index (κ1) is 14.7. The highest BCUT2D eigenvalue weighted by Crippen LogP contribution is 2.22. The number of rotatable bonds is 4. The molecule has 2 rings (SSSR count). The summed E-state index contributed by atoms with van der Waals surface area (Å²) in [5, 5.41) is 9.50. The van der Waals surface area contributed by atoms with Gasteiger partial charge in [0.15, 0.2) is 0 Å². The summed E-state index contributed by atoms with van der Waals surface area (Å²) in [6, 6.07) is 0. The van der Waals surface area contributed by atoms with Gasteiger partial charge in [0, 0.05) is 11.8 Å². The summed E-state index contributed by atoms with van der Waals surface area (Å²) in [7, 11) is -3.52. The molecule has 0 saturated carbocycles. The largest absolute Gasteiger partial charge is 0.525 e. The number of hydroxylamine groups is 2. The smallest absolute Gasteiger partial charge is 0.448 e. The topological polar surface area (TPSA) is 110 Å². The second kappa shape index (κ2) is 5.33. The second-order valence-corrected chi connectivity index (χ2v) is 6.88. The van der Waals surface area contributed by atoms with E-state index >= 15 is 0 Å². The Hall–Kier alpha value is -1.74. The van der Waals surface area contributed by atoms with Crippen LogP contribution in [0.25, 0.3) is 0 Å². The van der Waals surface area contributed by atoms with Gasteiger partial charge in [-0.2, -0.15) is 0 Å². The van der Waals surface area contributed by atoms with E-state index in [0.717, 1.165) is 0 Å². The summed E-state index contributed by atoms with van der Waals surface area (Å²) in [6.07, 6.45) is -0.0146. The van der Waals surface area contributed by atoms with Crippen LogP contribution in [0, 0.1) is 5.92 Å². The molecule has 0 aromatic carbocycles. The maximum absolute atomic E-state index is 12.0. The first-order valence-corrected chi connectivity index (χ1v) is 7.66. The molecule has 0 bridgehead atoms. The Morgan fingerprint density at radius 1 is 1.50 bits per heavy atom. The van der Waals surface area contributed by atoms with Crippen LogP contribution in [0.1, 0.15) is 25.1 Å². The Bertz CT molecular complexity index is 629. The summed E-state index contributed by atoms with van der Waals surface area (Å²) >= 11 is 0. The van der Waals surface area contributed by atoms with Gasteiger partial charge in [-0.05, 0) is 5.92 Å². The van der Waals surface area contributed by atoms with Gasteiger partial charge in [0.05, 0.1) is 24.5 Å². The van der Waals surface area contributed by atoms with E-state index in [4.69, 9.17) is 5.11 Å². The minimum Gasteiger partial charge on any atom is -0.448 e. The molecule has 1 aromatic heterocycles. The van der Waals surface area contributed by atoms with Crippen LogP contribution in [0.3, 0.4) is 0 Å². The zero-order valence-electron chi connectivity index (χ0n) is 11.1. The van der Waals surface area contributed by atoms with Gasteiger partial charge >= 0.3 is 6.16 Å². The van der Waals surface area contributed by atoms with Crippen molar-refractivity contribution in [1.29, 1.82) is 0 Å². The quantitative estimate of drug-likeness (QED) is 0.814.